The molecule has 3 heterocycles. The van der Waals surface area contributed by atoms with Crippen molar-refractivity contribution < 1.29 is 9.59 Å². The molecule has 2 aromatic rings. The van der Waals surface area contributed by atoms with E-state index < -0.39 is 11.9 Å². The zero-order chi connectivity index (χ0) is 17.3. The molecule has 0 bridgehead atoms. The number of hydrogen-bond donors (Lipinski definition) is 1. The van der Waals surface area contributed by atoms with E-state index in [-0.39, 0.29) is 11.7 Å². The highest BCUT2D eigenvalue weighted by atomic mass is 32.2. The van der Waals surface area contributed by atoms with Gasteiger partial charge in [-0.15, -0.1) is 11.3 Å². The maximum Gasteiger partial charge on any atom is 0.240 e. The average molecular weight is 364 g/mol. The largest absolute Gasteiger partial charge is 0.368 e. The highest BCUT2D eigenvalue weighted by Gasteiger charge is 2.30. The number of carbonyl (C=O) groups excluding carboxylic acids is 2. The lowest BCUT2D eigenvalue weighted by atomic mass is 10.0. The van der Waals surface area contributed by atoms with E-state index in [2.05, 4.69) is 23.8 Å². The van der Waals surface area contributed by atoms with Gasteiger partial charge in [0.05, 0.1) is 5.75 Å². The number of piperidine rings is 1. The molecular formula is C16H20N4O2S2. The lowest BCUT2D eigenvalue weighted by Gasteiger charge is -2.33. The van der Waals surface area contributed by atoms with Gasteiger partial charge in [-0.2, -0.15) is 0 Å². The van der Waals surface area contributed by atoms with Crippen LogP contribution in [0.2, 0.25) is 0 Å². The minimum atomic E-state index is -0.470. The maximum atomic E-state index is 12.6. The zero-order valence-corrected chi connectivity index (χ0v) is 15.4. The molecule has 1 atom stereocenters. The summed E-state index contributed by atoms with van der Waals surface area (Å²) in [5.41, 5.74) is 6.61. The number of aromatic nitrogens is 2. The van der Waals surface area contributed by atoms with E-state index in [1.54, 1.807) is 16.2 Å². The Morgan fingerprint density at radius 3 is 2.92 bits per heavy atom. The molecule has 2 aromatic heterocycles. The maximum absolute atomic E-state index is 12.6. The van der Waals surface area contributed by atoms with Gasteiger partial charge < -0.3 is 10.6 Å². The molecule has 0 radical (unpaired) electrons. The molecule has 6 nitrogen and oxygen atoms in total. The van der Waals surface area contributed by atoms with Gasteiger partial charge in [0.25, 0.3) is 0 Å². The third-order valence-electron chi connectivity index (χ3n) is 4.41. The van der Waals surface area contributed by atoms with Crippen LogP contribution in [-0.2, 0) is 9.59 Å². The molecule has 24 heavy (non-hydrogen) atoms. The number of thiophene rings is 1. The highest BCUT2D eigenvalue weighted by molar-refractivity contribution is 8.00. The number of fused-ring (bicyclic) bond motifs is 1. The molecule has 128 valence electrons. The first kappa shape index (κ1) is 17.2. The Morgan fingerprint density at radius 1 is 1.38 bits per heavy atom. The van der Waals surface area contributed by atoms with Crippen LogP contribution in [0.5, 0.6) is 0 Å². The van der Waals surface area contributed by atoms with Crippen LogP contribution in [-0.4, -0.2) is 45.0 Å². The first-order valence-electron chi connectivity index (χ1n) is 7.91. The van der Waals surface area contributed by atoms with E-state index >= 15 is 0 Å². The van der Waals surface area contributed by atoms with E-state index in [1.807, 2.05) is 0 Å². The standard InChI is InChI=1S/C16H20N4O2S2/c1-9-10(2)24-16-13(9)15(18-8-19-16)23-7-12(21)20-6-4-3-5-11(20)14(17)22/h8,11H,3-7H2,1-2H3,(H2,17,22). The van der Waals surface area contributed by atoms with Gasteiger partial charge in [-0.05, 0) is 38.7 Å². The summed E-state index contributed by atoms with van der Waals surface area (Å²) in [6, 6.07) is -0.470. The second-order valence-corrected chi connectivity index (χ2v) is 8.10. The van der Waals surface area contributed by atoms with Crippen molar-refractivity contribution in [2.45, 2.75) is 44.2 Å². The number of hydrogen-bond acceptors (Lipinski definition) is 6. The van der Waals surface area contributed by atoms with Crippen molar-refractivity contribution >= 4 is 45.1 Å². The Balaban J connectivity index is 1.76. The lowest BCUT2D eigenvalue weighted by Crippen LogP contribution is -2.51. The predicted molar refractivity (Wildman–Crippen MR) is 96.2 cm³/mol. The number of aryl methyl sites for hydroxylation is 2. The van der Waals surface area contributed by atoms with Crippen LogP contribution in [0.25, 0.3) is 10.2 Å². The third-order valence-corrected chi connectivity index (χ3v) is 6.50. The van der Waals surface area contributed by atoms with Gasteiger partial charge in [-0.3, -0.25) is 9.59 Å². The smallest absolute Gasteiger partial charge is 0.240 e. The molecule has 1 saturated heterocycles. The number of nitrogens with zero attached hydrogens (tertiary/aromatic N) is 3. The number of thioether (sulfide) groups is 1. The van der Waals surface area contributed by atoms with Gasteiger partial charge >= 0.3 is 0 Å². The molecule has 0 saturated carbocycles. The van der Waals surface area contributed by atoms with Gasteiger partial charge in [0, 0.05) is 16.8 Å². The van der Waals surface area contributed by atoms with Gasteiger partial charge in [-0.25, -0.2) is 9.97 Å². The van der Waals surface area contributed by atoms with Crippen LogP contribution in [0.1, 0.15) is 29.7 Å². The highest BCUT2D eigenvalue weighted by Crippen LogP contribution is 2.34. The van der Waals surface area contributed by atoms with Gasteiger partial charge in [0.15, 0.2) is 0 Å². The summed E-state index contributed by atoms with van der Waals surface area (Å²) in [7, 11) is 0. The van der Waals surface area contributed by atoms with Crippen LogP contribution in [0.3, 0.4) is 0 Å². The minimum Gasteiger partial charge on any atom is -0.368 e. The number of nitrogens with two attached hydrogens (primary N) is 1. The molecule has 0 spiro atoms. The van der Waals surface area contributed by atoms with Crippen molar-refractivity contribution in [2.24, 2.45) is 5.73 Å². The molecule has 1 fully saturated rings. The van der Waals surface area contributed by atoms with Gasteiger partial charge in [-0.1, -0.05) is 11.8 Å². The number of likely N-dealkylation sites (tertiary alicyclic amines) is 1. The fourth-order valence-corrected chi connectivity index (χ4v) is 5.00. The Morgan fingerprint density at radius 2 is 2.17 bits per heavy atom. The zero-order valence-electron chi connectivity index (χ0n) is 13.7. The lowest BCUT2D eigenvalue weighted by molar-refractivity contribution is -0.138. The van der Waals surface area contributed by atoms with Crippen LogP contribution in [0.15, 0.2) is 11.4 Å². The van der Waals surface area contributed by atoms with Gasteiger partial charge in [0.1, 0.15) is 22.2 Å². The number of primary amides is 1. The summed E-state index contributed by atoms with van der Waals surface area (Å²) in [4.78, 5) is 36.6. The molecule has 0 aromatic carbocycles. The van der Waals surface area contributed by atoms with Crippen LogP contribution in [0, 0.1) is 13.8 Å². The van der Waals surface area contributed by atoms with Crippen molar-refractivity contribution in [3.05, 3.63) is 16.8 Å². The monoisotopic (exact) mass is 364 g/mol. The van der Waals surface area contributed by atoms with Crippen molar-refractivity contribution in [1.29, 1.82) is 0 Å². The van der Waals surface area contributed by atoms with E-state index in [0.29, 0.717) is 13.0 Å². The summed E-state index contributed by atoms with van der Waals surface area (Å²) in [5, 5.41) is 1.85. The van der Waals surface area contributed by atoms with Crippen molar-refractivity contribution in [3.63, 3.8) is 0 Å². The number of carbonyl (C=O) groups is 2. The quantitative estimate of drug-likeness (QED) is 0.664. The first-order chi connectivity index (χ1) is 11.5. The SMILES string of the molecule is Cc1sc2ncnc(SCC(=O)N3CCCCC3C(N)=O)c2c1C. The minimum absolute atomic E-state index is 0.0557. The predicted octanol–water partition coefficient (Wildman–Crippen LogP) is 2.27. The normalized spacial score (nSPS) is 18.1. The molecule has 1 aliphatic rings. The Kier molecular flexibility index (Phi) is 5.05. The second kappa shape index (κ2) is 7.06. The summed E-state index contributed by atoms with van der Waals surface area (Å²) in [6.45, 7) is 4.71. The van der Waals surface area contributed by atoms with Gasteiger partial charge in [0.2, 0.25) is 11.8 Å². The molecule has 2 N–H and O–H groups in total. The molecule has 0 aliphatic carbocycles. The summed E-state index contributed by atoms with van der Waals surface area (Å²) in [5.74, 6) is -0.217. The average Bonchev–Trinajstić information content (AvgIpc) is 2.87. The van der Waals surface area contributed by atoms with Crippen molar-refractivity contribution in [1.82, 2.24) is 14.9 Å². The summed E-state index contributed by atoms with van der Waals surface area (Å²) >= 11 is 3.04. The number of amides is 2. The Hall–Kier alpha value is -1.67. The van der Waals surface area contributed by atoms with E-state index in [0.717, 1.165) is 28.1 Å². The second-order valence-electron chi connectivity index (χ2n) is 5.93. The topological polar surface area (TPSA) is 89.2 Å². The molecule has 1 unspecified atom stereocenters. The first-order valence-corrected chi connectivity index (χ1v) is 9.71. The number of rotatable bonds is 4. The van der Waals surface area contributed by atoms with E-state index in [9.17, 15) is 9.59 Å². The van der Waals surface area contributed by atoms with Crippen LogP contribution >= 0.6 is 23.1 Å². The van der Waals surface area contributed by atoms with Crippen molar-refractivity contribution in [3.8, 4) is 0 Å². The fourth-order valence-electron chi connectivity index (χ4n) is 3.00. The van der Waals surface area contributed by atoms with Crippen LogP contribution < -0.4 is 5.73 Å². The molecular weight excluding hydrogens is 344 g/mol. The molecule has 3 rings (SSSR count). The third kappa shape index (κ3) is 3.25. The summed E-state index contributed by atoms with van der Waals surface area (Å²) < 4.78 is 0. The molecule has 2 amide bonds. The van der Waals surface area contributed by atoms with Crippen LogP contribution in [0.4, 0.5) is 0 Å². The fraction of sp³-hybridized carbons (Fsp3) is 0.500. The molecule has 1 aliphatic heterocycles. The van der Waals surface area contributed by atoms with E-state index in [1.165, 1.54) is 28.5 Å². The Bertz CT molecular complexity index is 790. The Labute approximate surface area is 148 Å². The van der Waals surface area contributed by atoms with Crippen molar-refractivity contribution in [2.75, 3.05) is 12.3 Å². The summed E-state index contributed by atoms with van der Waals surface area (Å²) in [6.07, 6.45) is 4.05. The molecule has 8 heteroatoms. The van der Waals surface area contributed by atoms with E-state index in [4.69, 9.17) is 5.73 Å².